The fourth-order valence-corrected chi connectivity index (χ4v) is 4.28. The average Bonchev–Trinajstić information content (AvgIpc) is 3.03. The van der Waals surface area contributed by atoms with Crippen molar-refractivity contribution in [1.29, 1.82) is 0 Å². The predicted octanol–water partition coefficient (Wildman–Crippen LogP) is -0.257. The first-order valence-corrected chi connectivity index (χ1v) is 7.78. The molecule has 0 bridgehead atoms. The van der Waals surface area contributed by atoms with Crippen molar-refractivity contribution in [2.24, 2.45) is 11.8 Å². The molecule has 2 aliphatic rings. The predicted molar refractivity (Wildman–Crippen MR) is 66.5 cm³/mol. The Labute approximate surface area is 107 Å². The highest BCUT2D eigenvalue weighted by atomic mass is 32.2. The normalized spacial score (nSPS) is 28.7. The summed E-state index contributed by atoms with van der Waals surface area (Å²) in [6.07, 6.45) is 3.19. The number of nitrogens with one attached hydrogen (secondary N) is 1. The molecule has 1 aromatic heterocycles. The van der Waals surface area contributed by atoms with E-state index >= 15 is 0 Å². The molecule has 2 saturated heterocycles. The molecule has 0 radical (unpaired) electrons. The summed E-state index contributed by atoms with van der Waals surface area (Å²) in [6, 6.07) is 0. The average molecular weight is 270 g/mol. The lowest BCUT2D eigenvalue weighted by molar-refractivity contribution is 0.446. The molecule has 2 aliphatic heterocycles. The quantitative estimate of drug-likeness (QED) is 0.822. The monoisotopic (exact) mass is 270 g/mol. The van der Waals surface area contributed by atoms with E-state index in [1.54, 1.807) is 21.4 Å². The van der Waals surface area contributed by atoms with Gasteiger partial charge in [0.25, 0.3) is 10.0 Å². The lowest BCUT2D eigenvalue weighted by Gasteiger charge is -2.15. The zero-order valence-corrected chi connectivity index (χ0v) is 11.2. The van der Waals surface area contributed by atoms with E-state index in [2.05, 4.69) is 10.3 Å². The lowest BCUT2D eigenvalue weighted by atomic mass is 10.0. The van der Waals surface area contributed by atoms with Crippen molar-refractivity contribution in [3.8, 4) is 0 Å². The number of rotatable bonds is 3. The van der Waals surface area contributed by atoms with Crippen LogP contribution in [0.25, 0.3) is 0 Å². The van der Waals surface area contributed by atoms with Gasteiger partial charge in [-0.25, -0.2) is 13.4 Å². The summed E-state index contributed by atoms with van der Waals surface area (Å²) in [7, 11) is -3.40. The Morgan fingerprint density at radius 3 is 2.61 bits per heavy atom. The van der Waals surface area contributed by atoms with Gasteiger partial charge in [0.1, 0.15) is 0 Å². The Morgan fingerprint density at radius 1 is 1.39 bits per heavy atom. The molecule has 0 aromatic carbocycles. The lowest BCUT2D eigenvalue weighted by Crippen LogP contribution is -2.32. The van der Waals surface area contributed by atoms with Gasteiger partial charge in [-0.15, -0.1) is 0 Å². The molecule has 0 aliphatic carbocycles. The van der Waals surface area contributed by atoms with Crippen molar-refractivity contribution in [3.63, 3.8) is 0 Å². The Hall–Kier alpha value is -0.920. The second-order valence-corrected chi connectivity index (χ2v) is 6.93. The molecule has 2 atom stereocenters. The van der Waals surface area contributed by atoms with Gasteiger partial charge in [-0.3, -0.25) is 0 Å². The van der Waals surface area contributed by atoms with E-state index in [4.69, 9.17) is 0 Å². The first-order chi connectivity index (χ1) is 8.61. The number of sulfonamides is 1. The molecule has 0 unspecified atom stereocenters. The summed E-state index contributed by atoms with van der Waals surface area (Å²) >= 11 is 0. The Bertz CT molecular complexity index is 527. The van der Waals surface area contributed by atoms with Crippen LogP contribution < -0.4 is 5.32 Å². The van der Waals surface area contributed by atoms with Crippen molar-refractivity contribution in [1.82, 2.24) is 19.2 Å². The highest BCUT2D eigenvalue weighted by Gasteiger charge is 2.42. The maximum Gasteiger partial charge on any atom is 0.262 e. The van der Waals surface area contributed by atoms with E-state index < -0.39 is 10.0 Å². The summed E-state index contributed by atoms with van der Waals surface area (Å²) in [5.74, 6) is 0.932. The van der Waals surface area contributed by atoms with Crippen molar-refractivity contribution < 1.29 is 8.42 Å². The van der Waals surface area contributed by atoms with Crippen LogP contribution >= 0.6 is 0 Å². The van der Waals surface area contributed by atoms with E-state index in [1.807, 2.05) is 6.92 Å². The smallest absolute Gasteiger partial charge is 0.262 e. The highest BCUT2D eigenvalue weighted by Crippen LogP contribution is 2.30. The van der Waals surface area contributed by atoms with Gasteiger partial charge in [-0.05, 0) is 31.8 Å². The zero-order valence-electron chi connectivity index (χ0n) is 10.4. The van der Waals surface area contributed by atoms with Crippen LogP contribution in [-0.2, 0) is 16.6 Å². The number of fused-ring (bicyclic) bond motifs is 1. The molecule has 1 N–H and O–H groups in total. The molecule has 7 heteroatoms. The second-order valence-electron chi connectivity index (χ2n) is 5.04. The van der Waals surface area contributed by atoms with Crippen LogP contribution in [0.3, 0.4) is 0 Å². The summed E-state index contributed by atoms with van der Waals surface area (Å²) in [4.78, 5) is 4.01. The summed E-state index contributed by atoms with van der Waals surface area (Å²) in [6.45, 7) is 5.81. The van der Waals surface area contributed by atoms with Gasteiger partial charge < -0.3 is 9.88 Å². The van der Waals surface area contributed by atoms with Crippen LogP contribution in [0.1, 0.15) is 6.92 Å². The molecular formula is C11H18N4O2S. The van der Waals surface area contributed by atoms with Gasteiger partial charge in [-0.1, -0.05) is 0 Å². The first-order valence-electron chi connectivity index (χ1n) is 6.34. The minimum absolute atomic E-state index is 0.178. The SMILES string of the molecule is CCn1cnc(S(=O)(=O)N2C[C@H]3CNC[C@H]3C2)c1. The molecule has 100 valence electrons. The first kappa shape index (κ1) is 12.1. The van der Waals surface area contributed by atoms with Crippen molar-refractivity contribution in [2.75, 3.05) is 26.2 Å². The zero-order chi connectivity index (χ0) is 12.8. The van der Waals surface area contributed by atoms with Crippen LogP contribution in [0.2, 0.25) is 0 Å². The van der Waals surface area contributed by atoms with Crippen LogP contribution in [-0.4, -0.2) is 48.5 Å². The summed E-state index contributed by atoms with van der Waals surface area (Å²) in [5, 5.41) is 3.49. The van der Waals surface area contributed by atoms with E-state index in [9.17, 15) is 8.42 Å². The third-order valence-electron chi connectivity index (χ3n) is 3.93. The third kappa shape index (κ3) is 1.86. The second kappa shape index (κ2) is 4.32. The van der Waals surface area contributed by atoms with Gasteiger partial charge in [0.2, 0.25) is 0 Å². The fourth-order valence-electron chi connectivity index (χ4n) is 2.79. The maximum atomic E-state index is 12.4. The number of imidazole rings is 1. The number of aromatic nitrogens is 2. The number of nitrogens with zero attached hydrogens (tertiary/aromatic N) is 3. The summed E-state index contributed by atoms with van der Waals surface area (Å²) < 4.78 is 28.2. The van der Waals surface area contributed by atoms with Crippen molar-refractivity contribution >= 4 is 10.0 Å². The molecular weight excluding hydrogens is 252 g/mol. The maximum absolute atomic E-state index is 12.4. The van der Waals surface area contributed by atoms with Gasteiger partial charge in [0.15, 0.2) is 5.03 Å². The van der Waals surface area contributed by atoms with Gasteiger partial charge in [0.05, 0.1) is 6.33 Å². The molecule has 0 amide bonds. The molecule has 2 fully saturated rings. The molecule has 3 rings (SSSR count). The number of aryl methyl sites for hydroxylation is 1. The number of hydrogen-bond donors (Lipinski definition) is 1. The Balaban J connectivity index is 1.82. The fraction of sp³-hybridized carbons (Fsp3) is 0.727. The van der Waals surface area contributed by atoms with Gasteiger partial charge in [-0.2, -0.15) is 4.31 Å². The molecule has 6 nitrogen and oxygen atoms in total. The summed E-state index contributed by atoms with van der Waals surface area (Å²) in [5.41, 5.74) is 0. The Kier molecular flexibility index (Phi) is 2.91. The van der Waals surface area contributed by atoms with Crippen molar-refractivity contribution in [3.05, 3.63) is 12.5 Å². The van der Waals surface area contributed by atoms with E-state index in [-0.39, 0.29) is 5.03 Å². The van der Waals surface area contributed by atoms with Crippen LogP contribution in [0.4, 0.5) is 0 Å². The molecule has 1 aromatic rings. The van der Waals surface area contributed by atoms with E-state index in [0.29, 0.717) is 24.9 Å². The minimum atomic E-state index is -3.40. The van der Waals surface area contributed by atoms with Crippen LogP contribution in [0, 0.1) is 11.8 Å². The standard InChI is InChI=1S/C11H18N4O2S/c1-2-14-7-11(13-8-14)18(16,17)15-5-9-3-12-4-10(9)6-15/h7-10,12H,2-6H2,1H3/t9-,10+. The molecule has 3 heterocycles. The molecule has 0 saturated carbocycles. The third-order valence-corrected chi connectivity index (χ3v) is 5.65. The van der Waals surface area contributed by atoms with Gasteiger partial charge in [0, 0.05) is 25.8 Å². The number of hydrogen-bond acceptors (Lipinski definition) is 4. The Morgan fingerprint density at radius 2 is 2.06 bits per heavy atom. The van der Waals surface area contributed by atoms with Crippen LogP contribution in [0.15, 0.2) is 17.6 Å². The van der Waals surface area contributed by atoms with Gasteiger partial charge >= 0.3 is 0 Å². The highest BCUT2D eigenvalue weighted by molar-refractivity contribution is 7.89. The van der Waals surface area contributed by atoms with Crippen LogP contribution in [0.5, 0.6) is 0 Å². The van der Waals surface area contributed by atoms with Crippen molar-refractivity contribution in [2.45, 2.75) is 18.5 Å². The van der Waals surface area contributed by atoms with E-state index in [1.165, 1.54) is 0 Å². The topological polar surface area (TPSA) is 67.2 Å². The molecule has 0 spiro atoms. The van der Waals surface area contributed by atoms with E-state index in [0.717, 1.165) is 19.6 Å². The largest absolute Gasteiger partial charge is 0.336 e. The molecule has 18 heavy (non-hydrogen) atoms. The minimum Gasteiger partial charge on any atom is -0.336 e.